The zero-order chi connectivity index (χ0) is 13.1. The molecule has 0 aliphatic carbocycles. The highest BCUT2D eigenvalue weighted by atomic mass is 19.1. The lowest BCUT2D eigenvalue weighted by molar-refractivity contribution is -0.122. The lowest BCUT2D eigenvalue weighted by atomic mass is 9.96. The molecule has 1 aromatic rings. The molecule has 2 rings (SSSR count). The van der Waals surface area contributed by atoms with Gasteiger partial charge in [0.1, 0.15) is 5.82 Å². The minimum absolute atomic E-state index is 0.0232. The summed E-state index contributed by atoms with van der Waals surface area (Å²) in [5, 5.41) is 3.24. The average molecular weight is 250 g/mol. The van der Waals surface area contributed by atoms with Crippen LogP contribution < -0.4 is 10.2 Å². The van der Waals surface area contributed by atoms with E-state index in [1.807, 2.05) is 6.92 Å². The summed E-state index contributed by atoms with van der Waals surface area (Å²) >= 11 is 0. The van der Waals surface area contributed by atoms with Crippen molar-refractivity contribution in [2.75, 3.05) is 24.5 Å². The molecule has 2 atom stereocenters. The molecule has 1 fully saturated rings. The molecule has 0 aromatic heterocycles. The fourth-order valence-electron chi connectivity index (χ4n) is 2.43. The van der Waals surface area contributed by atoms with Gasteiger partial charge in [-0.05, 0) is 43.7 Å². The average Bonchev–Trinajstić information content (AvgIpc) is 2.78. The minimum atomic E-state index is -0.279. The largest absolute Gasteiger partial charge is 0.316 e. The molecule has 4 heteroatoms. The molecule has 0 bridgehead atoms. The third-order valence-electron chi connectivity index (χ3n) is 3.56. The Morgan fingerprint density at radius 2 is 2.06 bits per heavy atom. The predicted octanol–water partition coefficient (Wildman–Crippen LogP) is 2.03. The SMILES string of the molecule is CCN(C(=O)C1CNCC1C)c1ccc(F)cc1. The number of benzene rings is 1. The molecule has 18 heavy (non-hydrogen) atoms. The lowest BCUT2D eigenvalue weighted by Gasteiger charge is -2.25. The summed E-state index contributed by atoms with van der Waals surface area (Å²) in [6.45, 7) is 6.25. The summed E-state index contributed by atoms with van der Waals surface area (Å²) in [5.41, 5.74) is 0.767. The van der Waals surface area contributed by atoms with Crippen LogP contribution >= 0.6 is 0 Å². The van der Waals surface area contributed by atoms with Gasteiger partial charge in [-0.1, -0.05) is 6.92 Å². The molecule has 1 aromatic carbocycles. The number of nitrogens with zero attached hydrogens (tertiary/aromatic N) is 1. The molecule has 1 saturated heterocycles. The fraction of sp³-hybridized carbons (Fsp3) is 0.500. The van der Waals surface area contributed by atoms with E-state index in [4.69, 9.17) is 0 Å². The summed E-state index contributed by atoms with van der Waals surface area (Å²) in [6.07, 6.45) is 0. The van der Waals surface area contributed by atoms with Gasteiger partial charge in [0.2, 0.25) is 5.91 Å². The van der Waals surface area contributed by atoms with Crippen LogP contribution in [0.1, 0.15) is 13.8 Å². The zero-order valence-corrected chi connectivity index (χ0v) is 10.8. The van der Waals surface area contributed by atoms with Crippen molar-refractivity contribution in [3.05, 3.63) is 30.1 Å². The second-order valence-corrected chi connectivity index (χ2v) is 4.80. The van der Waals surface area contributed by atoms with Crippen LogP contribution in [0.4, 0.5) is 10.1 Å². The Hall–Kier alpha value is -1.42. The number of carbonyl (C=O) groups excluding carboxylic acids is 1. The molecule has 1 amide bonds. The van der Waals surface area contributed by atoms with Gasteiger partial charge in [-0.15, -0.1) is 0 Å². The van der Waals surface area contributed by atoms with Crippen molar-refractivity contribution in [1.82, 2.24) is 5.32 Å². The molecule has 1 aliphatic rings. The predicted molar refractivity (Wildman–Crippen MR) is 70.0 cm³/mol. The highest BCUT2D eigenvalue weighted by molar-refractivity contribution is 5.95. The Labute approximate surface area is 107 Å². The van der Waals surface area contributed by atoms with Crippen LogP contribution in [0, 0.1) is 17.7 Å². The summed E-state index contributed by atoms with van der Waals surface area (Å²) in [7, 11) is 0. The molecule has 3 nitrogen and oxygen atoms in total. The van der Waals surface area contributed by atoms with Crippen LogP contribution in [0.15, 0.2) is 24.3 Å². The molecular formula is C14H19FN2O. The van der Waals surface area contributed by atoms with Crippen LogP contribution in [0.5, 0.6) is 0 Å². The van der Waals surface area contributed by atoms with Crippen molar-refractivity contribution >= 4 is 11.6 Å². The van der Waals surface area contributed by atoms with E-state index in [2.05, 4.69) is 12.2 Å². The van der Waals surface area contributed by atoms with E-state index in [1.54, 1.807) is 17.0 Å². The zero-order valence-electron chi connectivity index (χ0n) is 10.8. The van der Waals surface area contributed by atoms with E-state index in [-0.39, 0.29) is 17.6 Å². The second kappa shape index (κ2) is 5.48. The van der Waals surface area contributed by atoms with Gasteiger partial charge >= 0.3 is 0 Å². The van der Waals surface area contributed by atoms with Gasteiger partial charge in [0.25, 0.3) is 0 Å². The van der Waals surface area contributed by atoms with Crippen molar-refractivity contribution in [1.29, 1.82) is 0 Å². The first kappa shape index (κ1) is 13.0. The van der Waals surface area contributed by atoms with Crippen LogP contribution in [0.2, 0.25) is 0 Å². The Morgan fingerprint density at radius 1 is 1.39 bits per heavy atom. The number of hydrogen-bond donors (Lipinski definition) is 1. The molecule has 1 aliphatic heterocycles. The number of carbonyl (C=O) groups is 1. The molecule has 1 N–H and O–H groups in total. The van der Waals surface area contributed by atoms with E-state index in [1.165, 1.54) is 12.1 Å². The number of anilines is 1. The Balaban J connectivity index is 2.17. The van der Waals surface area contributed by atoms with Crippen LogP contribution in [-0.4, -0.2) is 25.5 Å². The summed E-state index contributed by atoms with van der Waals surface area (Å²) in [5.74, 6) is 0.224. The van der Waals surface area contributed by atoms with E-state index in [0.29, 0.717) is 12.5 Å². The maximum atomic E-state index is 12.9. The molecule has 0 spiro atoms. The van der Waals surface area contributed by atoms with Gasteiger partial charge in [-0.2, -0.15) is 0 Å². The topological polar surface area (TPSA) is 32.3 Å². The van der Waals surface area contributed by atoms with Crippen LogP contribution in [0.3, 0.4) is 0 Å². The molecule has 98 valence electrons. The number of halogens is 1. The molecule has 1 heterocycles. The number of nitrogens with one attached hydrogen (secondary N) is 1. The maximum absolute atomic E-state index is 12.9. The number of rotatable bonds is 3. The standard InChI is InChI=1S/C14H19FN2O/c1-3-17(12-6-4-11(15)5-7-12)14(18)13-9-16-8-10(13)2/h4-7,10,13,16H,3,8-9H2,1-2H3. The van der Waals surface area contributed by atoms with Crippen LogP contribution in [0.25, 0.3) is 0 Å². The molecular weight excluding hydrogens is 231 g/mol. The van der Waals surface area contributed by atoms with Crippen molar-refractivity contribution in [3.63, 3.8) is 0 Å². The van der Waals surface area contributed by atoms with Crippen LogP contribution in [-0.2, 0) is 4.79 Å². The van der Waals surface area contributed by atoms with E-state index < -0.39 is 0 Å². The monoisotopic (exact) mass is 250 g/mol. The second-order valence-electron chi connectivity index (χ2n) is 4.80. The van der Waals surface area contributed by atoms with E-state index in [9.17, 15) is 9.18 Å². The first-order valence-electron chi connectivity index (χ1n) is 6.41. The Morgan fingerprint density at radius 3 is 2.56 bits per heavy atom. The highest BCUT2D eigenvalue weighted by Crippen LogP contribution is 2.23. The van der Waals surface area contributed by atoms with Gasteiger partial charge in [0.15, 0.2) is 0 Å². The summed E-state index contributed by atoms with van der Waals surface area (Å²) < 4.78 is 12.9. The summed E-state index contributed by atoms with van der Waals surface area (Å²) in [6, 6.07) is 6.09. The first-order chi connectivity index (χ1) is 8.63. The minimum Gasteiger partial charge on any atom is -0.316 e. The lowest BCUT2D eigenvalue weighted by Crippen LogP contribution is -2.38. The molecule has 2 unspecified atom stereocenters. The van der Waals surface area contributed by atoms with E-state index in [0.717, 1.165) is 18.8 Å². The molecule has 0 radical (unpaired) electrons. The van der Waals surface area contributed by atoms with Gasteiger partial charge in [0, 0.05) is 18.8 Å². The van der Waals surface area contributed by atoms with Crippen molar-refractivity contribution in [2.45, 2.75) is 13.8 Å². The first-order valence-corrected chi connectivity index (χ1v) is 6.41. The normalized spacial score (nSPS) is 23.1. The molecule has 0 saturated carbocycles. The fourth-order valence-corrected chi connectivity index (χ4v) is 2.43. The van der Waals surface area contributed by atoms with Crippen molar-refractivity contribution < 1.29 is 9.18 Å². The smallest absolute Gasteiger partial charge is 0.231 e. The maximum Gasteiger partial charge on any atom is 0.231 e. The van der Waals surface area contributed by atoms with Gasteiger partial charge < -0.3 is 10.2 Å². The van der Waals surface area contributed by atoms with Crippen molar-refractivity contribution in [2.24, 2.45) is 11.8 Å². The van der Waals surface area contributed by atoms with Gasteiger partial charge in [-0.3, -0.25) is 4.79 Å². The van der Waals surface area contributed by atoms with Crippen molar-refractivity contribution in [3.8, 4) is 0 Å². The van der Waals surface area contributed by atoms with Gasteiger partial charge in [0.05, 0.1) is 5.92 Å². The third kappa shape index (κ3) is 2.53. The van der Waals surface area contributed by atoms with Gasteiger partial charge in [-0.25, -0.2) is 4.39 Å². The van der Waals surface area contributed by atoms with E-state index >= 15 is 0 Å². The summed E-state index contributed by atoms with van der Waals surface area (Å²) in [4.78, 5) is 14.2. The number of hydrogen-bond acceptors (Lipinski definition) is 2. The highest BCUT2D eigenvalue weighted by Gasteiger charge is 2.32. The quantitative estimate of drug-likeness (QED) is 0.890. The number of amides is 1. The Bertz CT molecular complexity index is 418. The Kier molecular flexibility index (Phi) is 3.97. The third-order valence-corrected chi connectivity index (χ3v) is 3.56.